The van der Waals surface area contributed by atoms with Crippen LogP contribution in [-0.4, -0.2) is 43.0 Å². The quantitative estimate of drug-likeness (QED) is 0.685. The fraction of sp³-hybridized carbons (Fsp3) is 0.909. The van der Waals surface area contributed by atoms with Crippen molar-refractivity contribution in [2.45, 2.75) is 32.7 Å². The predicted octanol–water partition coefficient (Wildman–Crippen LogP) is 0.182. The summed E-state index contributed by atoms with van der Waals surface area (Å²) in [6, 6.07) is 0.258. The van der Waals surface area contributed by atoms with Crippen LogP contribution in [0, 0.1) is 5.92 Å². The first-order valence-corrected chi connectivity index (χ1v) is 5.82. The Labute approximate surface area is 92.2 Å². The smallest absolute Gasteiger partial charge is 0.234 e. The molecule has 0 unspecified atom stereocenters. The maximum atomic E-state index is 11.5. The van der Waals surface area contributed by atoms with E-state index in [9.17, 15) is 4.79 Å². The number of hydrogen-bond donors (Lipinski definition) is 2. The number of likely N-dealkylation sites (tertiary alicyclic amines) is 1. The van der Waals surface area contributed by atoms with Gasteiger partial charge in [0.2, 0.25) is 5.91 Å². The predicted molar refractivity (Wildman–Crippen MR) is 61.5 cm³/mol. The molecular formula is C11H23N3O. The van der Waals surface area contributed by atoms with Crippen molar-refractivity contribution in [2.75, 3.05) is 26.2 Å². The van der Waals surface area contributed by atoms with Crippen molar-refractivity contribution >= 4 is 5.91 Å². The standard InChI is InChI=1S/C11H23N3O/c1-9(2)3-5-13-11(15)8-14-6-4-10(12)7-14/h9-10H,3-8,12H2,1-2H3,(H,13,15)/t10-/m1/s1. The first-order chi connectivity index (χ1) is 7.08. The maximum absolute atomic E-state index is 11.5. The molecule has 0 aromatic rings. The van der Waals surface area contributed by atoms with Crippen LogP contribution >= 0.6 is 0 Å². The van der Waals surface area contributed by atoms with Crippen LogP contribution in [0.4, 0.5) is 0 Å². The van der Waals surface area contributed by atoms with E-state index in [1.54, 1.807) is 0 Å². The van der Waals surface area contributed by atoms with Crippen LogP contribution in [-0.2, 0) is 4.79 Å². The van der Waals surface area contributed by atoms with E-state index in [1.807, 2.05) is 0 Å². The van der Waals surface area contributed by atoms with Crippen molar-refractivity contribution in [3.05, 3.63) is 0 Å². The highest BCUT2D eigenvalue weighted by Crippen LogP contribution is 2.05. The van der Waals surface area contributed by atoms with Gasteiger partial charge in [-0.2, -0.15) is 0 Å². The summed E-state index contributed by atoms with van der Waals surface area (Å²) in [6.45, 7) is 7.43. The summed E-state index contributed by atoms with van der Waals surface area (Å²) in [7, 11) is 0. The Balaban J connectivity index is 2.08. The molecule has 4 nitrogen and oxygen atoms in total. The highest BCUT2D eigenvalue weighted by atomic mass is 16.2. The molecule has 1 amide bonds. The van der Waals surface area contributed by atoms with Crippen molar-refractivity contribution in [1.82, 2.24) is 10.2 Å². The lowest BCUT2D eigenvalue weighted by molar-refractivity contribution is -0.122. The molecule has 1 heterocycles. The number of amides is 1. The van der Waals surface area contributed by atoms with Gasteiger partial charge in [-0.1, -0.05) is 13.8 Å². The fourth-order valence-corrected chi connectivity index (χ4v) is 1.77. The molecule has 88 valence electrons. The summed E-state index contributed by atoms with van der Waals surface area (Å²) in [5.74, 6) is 0.773. The van der Waals surface area contributed by atoms with Gasteiger partial charge >= 0.3 is 0 Å². The van der Waals surface area contributed by atoms with E-state index in [0.717, 1.165) is 32.5 Å². The van der Waals surface area contributed by atoms with Gasteiger partial charge in [0.05, 0.1) is 6.54 Å². The van der Waals surface area contributed by atoms with Crippen LogP contribution in [0.2, 0.25) is 0 Å². The van der Waals surface area contributed by atoms with Crippen LogP contribution in [0.3, 0.4) is 0 Å². The van der Waals surface area contributed by atoms with Gasteiger partial charge in [0, 0.05) is 25.7 Å². The molecule has 0 aromatic carbocycles. The topological polar surface area (TPSA) is 58.4 Å². The summed E-state index contributed by atoms with van der Waals surface area (Å²) < 4.78 is 0. The van der Waals surface area contributed by atoms with E-state index in [1.165, 1.54) is 0 Å². The Kier molecular flexibility index (Phi) is 5.05. The van der Waals surface area contributed by atoms with Crippen LogP contribution in [0.25, 0.3) is 0 Å². The van der Waals surface area contributed by atoms with E-state index < -0.39 is 0 Å². The second-order valence-corrected chi connectivity index (χ2v) is 4.82. The zero-order chi connectivity index (χ0) is 11.3. The number of carbonyl (C=O) groups is 1. The molecule has 1 saturated heterocycles. The highest BCUT2D eigenvalue weighted by molar-refractivity contribution is 5.78. The van der Waals surface area contributed by atoms with Gasteiger partial charge < -0.3 is 11.1 Å². The number of nitrogens with one attached hydrogen (secondary N) is 1. The van der Waals surface area contributed by atoms with Gasteiger partial charge in [-0.05, 0) is 18.8 Å². The van der Waals surface area contributed by atoms with Crippen molar-refractivity contribution in [3.8, 4) is 0 Å². The lowest BCUT2D eigenvalue weighted by Gasteiger charge is -2.14. The molecule has 3 N–H and O–H groups in total. The molecule has 1 aliphatic rings. The molecule has 0 saturated carbocycles. The van der Waals surface area contributed by atoms with E-state index >= 15 is 0 Å². The number of hydrogen-bond acceptors (Lipinski definition) is 3. The number of carbonyl (C=O) groups excluding carboxylic acids is 1. The van der Waals surface area contributed by atoms with Crippen LogP contribution in [0.5, 0.6) is 0 Å². The molecule has 1 aliphatic heterocycles. The molecule has 15 heavy (non-hydrogen) atoms. The molecule has 0 aliphatic carbocycles. The largest absolute Gasteiger partial charge is 0.355 e. The van der Waals surface area contributed by atoms with Gasteiger partial charge in [0.1, 0.15) is 0 Å². The third kappa shape index (κ3) is 5.14. The third-order valence-electron chi connectivity index (χ3n) is 2.72. The number of nitrogens with zero attached hydrogens (tertiary/aromatic N) is 1. The lowest BCUT2D eigenvalue weighted by atomic mass is 10.1. The minimum Gasteiger partial charge on any atom is -0.355 e. The normalized spacial score (nSPS) is 22.3. The Morgan fingerprint density at radius 2 is 2.33 bits per heavy atom. The molecule has 1 rings (SSSR count). The Bertz CT molecular complexity index is 206. The number of nitrogens with two attached hydrogens (primary N) is 1. The summed E-state index contributed by atoms with van der Waals surface area (Å²) >= 11 is 0. The molecule has 4 heteroatoms. The van der Waals surface area contributed by atoms with Crippen molar-refractivity contribution in [3.63, 3.8) is 0 Å². The average Bonchev–Trinajstić information content (AvgIpc) is 2.50. The first kappa shape index (κ1) is 12.5. The van der Waals surface area contributed by atoms with E-state index in [-0.39, 0.29) is 11.9 Å². The van der Waals surface area contributed by atoms with E-state index in [2.05, 4.69) is 24.1 Å². The molecule has 0 radical (unpaired) electrons. The second kappa shape index (κ2) is 6.08. The summed E-state index contributed by atoms with van der Waals surface area (Å²) in [6.07, 6.45) is 2.06. The van der Waals surface area contributed by atoms with Crippen molar-refractivity contribution in [1.29, 1.82) is 0 Å². The summed E-state index contributed by atoms with van der Waals surface area (Å²) in [5, 5.41) is 2.93. The SMILES string of the molecule is CC(C)CCNC(=O)CN1CC[C@@H](N)C1. The minimum absolute atomic E-state index is 0.129. The minimum atomic E-state index is 0.129. The molecule has 0 aromatic heterocycles. The van der Waals surface area contributed by atoms with Gasteiger partial charge in [0.15, 0.2) is 0 Å². The molecule has 1 atom stereocenters. The lowest BCUT2D eigenvalue weighted by Crippen LogP contribution is -2.37. The average molecular weight is 213 g/mol. The Morgan fingerprint density at radius 1 is 1.60 bits per heavy atom. The van der Waals surface area contributed by atoms with Gasteiger partial charge in [0.25, 0.3) is 0 Å². The van der Waals surface area contributed by atoms with Crippen LogP contribution in [0.1, 0.15) is 26.7 Å². The third-order valence-corrected chi connectivity index (χ3v) is 2.72. The molecule has 1 fully saturated rings. The molecule has 0 spiro atoms. The van der Waals surface area contributed by atoms with Gasteiger partial charge in [-0.3, -0.25) is 9.69 Å². The monoisotopic (exact) mass is 213 g/mol. The zero-order valence-electron chi connectivity index (χ0n) is 9.83. The van der Waals surface area contributed by atoms with Crippen molar-refractivity contribution < 1.29 is 4.79 Å². The fourth-order valence-electron chi connectivity index (χ4n) is 1.77. The van der Waals surface area contributed by atoms with Gasteiger partial charge in [-0.25, -0.2) is 0 Å². The van der Waals surface area contributed by atoms with Gasteiger partial charge in [-0.15, -0.1) is 0 Å². The van der Waals surface area contributed by atoms with Crippen LogP contribution in [0.15, 0.2) is 0 Å². The molecular weight excluding hydrogens is 190 g/mol. The Hall–Kier alpha value is -0.610. The maximum Gasteiger partial charge on any atom is 0.234 e. The van der Waals surface area contributed by atoms with E-state index in [0.29, 0.717) is 12.5 Å². The Morgan fingerprint density at radius 3 is 2.87 bits per heavy atom. The summed E-state index contributed by atoms with van der Waals surface area (Å²) in [5.41, 5.74) is 5.77. The van der Waals surface area contributed by atoms with Crippen molar-refractivity contribution in [2.24, 2.45) is 11.7 Å². The molecule has 0 bridgehead atoms. The second-order valence-electron chi connectivity index (χ2n) is 4.82. The number of rotatable bonds is 5. The zero-order valence-corrected chi connectivity index (χ0v) is 9.83. The highest BCUT2D eigenvalue weighted by Gasteiger charge is 2.20. The van der Waals surface area contributed by atoms with E-state index in [4.69, 9.17) is 5.73 Å². The summed E-state index contributed by atoms with van der Waals surface area (Å²) in [4.78, 5) is 13.6. The van der Waals surface area contributed by atoms with Crippen LogP contribution < -0.4 is 11.1 Å². The first-order valence-electron chi connectivity index (χ1n) is 5.82.